The average Bonchev–Trinajstić information content (AvgIpc) is 3.36. The molecule has 1 saturated heterocycles. The third-order valence-electron chi connectivity index (χ3n) is 4.86. The van der Waals surface area contributed by atoms with Crippen molar-refractivity contribution >= 4 is 12.2 Å². The Morgan fingerprint density at radius 3 is 2.79 bits per heavy atom. The van der Waals surface area contributed by atoms with Gasteiger partial charge in [0.15, 0.2) is 0 Å². The van der Waals surface area contributed by atoms with Crippen LogP contribution in [0.25, 0.3) is 0 Å². The first-order chi connectivity index (χ1) is 14.0. The van der Waals surface area contributed by atoms with E-state index < -0.39 is 17.7 Å². The summed E-state index contributed by atoms with van der Waals surface area (Å²) in [6.07, 6.45) is 3.77. The molecular formula is C20H17F2N5O2. The highest BCUT2D eigenvalue weighted by molar-refractivity contribution is 5.78. The average molecular weight is 397 g/mol. The Morgan fingerprint density at radius 2 is 2.03 bits per heavy atom. The quantitative estimate of drug-likeness (QED) is 0.796. The summed E-state index contributed by atoms with van der Waals surface area (Å²) in [7, 11) is 0. The van der Waals surface area contributed by atoms with E-state index in [4.69, 9.17) is 10.00 Å². The standard InChI is InChI=1S/C20H17F2N5O2/c21-15-8-14(9-16(22)10-15)18-2-5-25-27(18)20(28)26-6-3-17(12-26)29-19-7-13(11-23)1-4-24-19/h1,4-5,7-10,17-18H,2-3,6,12H2. The van der Waals surface area contributed by atoms with E-state index in [0.717, 1.165) is 6.07 Å². The largest absolute Gasteiger partial charge is 0.472 e. The fourth-order valence-corrected chi connectivity index (χ4v) is 3.50. The van der Waals surface area contributed by atoms with Crippen LogP contribution in [0.1, 0.15) is 30.0 Å². The fraction of sp³-hybridized carbons (Fsp3) is 0.300. The molecule has 0 radical (unpaired) electrons. The highest BCUT2D eigenvalue weighted by Crippen LogP contribution is 2.31. The number of benzene rings is 1. The van der Waals surface area contributed by atoms with E-state index >= 15 is 0 Å². The maximum absolute atomic E-state index is 13.6. The summed E-state index contributed by atoms with van der Waals surface area (Å²) >= 11 is 0. The number of nitrogens with zero attached hydrogens (tertiary/aromatic N) is 5. The Morgan fingerprint density at radius 1 is 1.24 bits per heavy atom. The van der Waals surface area contributed by atoms with Crippen LogP contribution >= 0.6 is 0 Å². The van der Waals surface area contributed by atoms with Gasteiger partial charge in [0.1, 0.15) is 17.7 Å². The number of urea groups is 1. The fourth-order valence-electron chi connectivity index (χ4n) is 3.50. The van der Waals surface area contributed by atoms with Gasteiger partial charge in [-0.05, 0) is 23.8 Å². The lowest BCUT2D eigenvalue weighted by Gasteiger charge is -2.27. The van der Waals surface area contributed by atoms with E-state index in [0.29, 0.717) is 42.9 Å². The summed E-state index contributed by atoms with van der Waals surface area (Å²) in [5, 5.41) is 14.3. The van der Waals surface area contributed by atoms with Crippen molar-refractivity contribution in [3.8, 4) is 11.9 Å². The maximum Gasteiger partial charge on any atom is 0.341 e. The minimum atomic E-state index is -0.693. The summed E-state index contributed by atoms with van der Waals surface area (Å²) in [5.41, 5.74) is 0.801. The Bertz CT molecular complexity index is 986. The second-order valence-electron chi connectivity index (χ2n) is 6.85. The lowest BCUT2D eigenvalue weighted by atomic mass is 10.0. The number of hydrogen-bond acceptors (Lipinski definition) is 5. The summed E-state index contributed by atoms with van der Waals surface area (Å²) in [6, 6.07) is 7.47. The van der Waals surface area contributed by atoms with Crippen LogP contribution < -0.4 is 4.74 Å². The van der Waals surface area contributed by atoms with Gasteiger partial charge < -0.3 is 9.64 Å². The predicted molar refractivity (Wildman–Crippen MR) is 99.0 cm³/mol. The van der Waals surface area contributed by atoms with E-state index in [1.165, 1.54) is 23.3 Å². The van der Waals surface area contributed by atoms with Crippen molar-refractivity contribution in [1.29, 1.82) is 5.26 Å². The monoisotopic (exact) mass is 397 g/mol. The lowest BCUT2D eigenvalue weighted by molar-refractivity contribution is 0.141. The van der Waals surface area contributed by atoms with Crippen LogP contribution in [0.4, 0.5) is 13.6 Å². The summed E-state index contributed by atoms with van der Waals surface area (Å²) < 4.78 is 33.0. The third kappa shape index (κ3) is 4.01. The van der Waals surface area contributed by atoms with Gasteiger partial charge in [0.05, 0.1) is 24.2 Å². The third-order valence-corrected chi connectivity index (χ3v) is 4.86. The van der Waals surface area contributed by atoms with Crippen molar-refractivity contribution in [2.45, 2.75) is 25.0 Å². The minimum Gasteiger partial charge on any atom is -0.472 e. The molecule has 0 aliphatic carbocycles. The molecule has 0 bridgehead atoms. The van der Waals surface area contributed by atoms with Crippen molar-refractivity contribution in [2.24, 2.45) is 5.10 Å². The molecule has 1 fully saturated rings. The predicted octanol–water partition coefficient (Wildman–Crippen LogP) is 3.24. The zero-order valence-corrected chi connectivity index (χ0v) is 15.3. The zero-order chi connectivity index (χ0) is 20.4. The lowest BCUT2D eigenvalue weighted by Crippen LogP contribution is -2.40. The van der Waals surface area contributed by atoms with Gasteiger partial charge in [0, 0.05) is 43.9 Å². The summed E-state index contributed by atoms with van der Waals surface area (Å²) in [6.45, 7) is 0.783. The maximum atomic E-state index is 13.6. The van der Waals surface area contributed by atoms with Crippen molar-refractivity contribution in [3.63, 3.8) is 0 Å². The van der Waals surface area contributed by atoms with E-state index in [1.54, 1.807) is 23.2 Å². The molecule has 148 valence electrons. The first-order valence-corrected chi connectivity index (χ1v) is 9.13. The highest BCUT2D eigenvalue weighted by atomic mass is 19.1. The number of hydrogen-bond donors (Lipinski definition) is 0. The Kier molecular flexibility index (Phi) is 5.08. The SMILES string of the molecule is N#Cc1ccnc(OC2CCN(C(=O)N3N=CCC3c3cc(F)cc(F)c3)C2)c1. The Hall–Kier alpha value is -3.54. The number of nitriles is 1. The summed E-state index contributed by atoms with van der Waals surface area (Å²) in [5.74, 6) is -1.06. The molecule has 2 unspecified atom stereocenters. The van der Waals surface area contributed by atoms with Gasteiger partial charge in [-0.1, -0.05) is 0 Å². The first kappa shape index (κ1) is 18.8. The van der Waals surface area contributed by atoms with Gasteiger partial charge in [0.2, 0.25) is 5.88 Å². The molecule has 1 aromatic carbocycles. The van der Waals surface area contributed by atoms with Crippen molar-refractivity contribution < 1.29 is 18.3 Å². The number of carbonyl (C=O) groups excluding carboxylic acids is 1. The van der Waals surface area contributed by atoms with Crippen molar-refractivity contribution in [1.82, 2.24) is 14.9 Å². The molecule has 3 heterocycles. The molecule has 2 aromatic rings. The van der Waals surface area contributed by atoms with Crippen LogP contribution in [-0.2, 0) is 0 Å². The molecule has 2 aliphatic rings. The Labute approximate surface area is 165 Å². The number of amides is 2. The van der Waals surface area contributed by atoms with E-state index in [9.17, 15) is 13.6 Å². The van der Waals surface area contributed by atoms with E-state index in [2.05, 4.69) is 10.1 Å². The molecule has 1 aromatic heterocycles. The molecule has 4 rings (SSSR count). The second-order valence-corrected chi connectivity index (χ2v) is 6.85. The molecule has 7 nitrogen and oxygen atoms in total. The number of hydrazone groups is 1. The molecule has 0 saturated carbocycles. The minimum absolute atomic E-state index is 0.267. The van der Waals surface area contributed by atoms with Crippen LogP contribution in [0, 0.1) is 23.0 Å². The van der Waals surface area contributed by atoms with Gasteiger partial charge in [-0.2, -0.15) is 10.4 Å². The van der Waals surface area contributed by atoms with Gasteiger partial charge in [0.25, 0.3) is 0 Å². The van der Waals surface area contributed by atoms with Gasteiger partial charge in [-0.3, -0.25) is 0 Å². The molecule has 9 heteroatoms. The van der Waals surface area contributed by atoms with Crippen molar-refractivity contribution in [3.05, 3.63) is 59.3 Å². The number of aromatic nitrogens is 1. The first-order valence-electron chi connectivity index (χ1n) is 9.13. The number of carbonyl (C=O) groups is 1. The molecule has 2 aliphatic heterocycles. The van der Waals surface area contributed by atoms with Crippen molar-refractivity contribution in [2.75, 3.05) is 13.1 Å². The highest BCUT2D eigenvalue weighted by Gasteiger charge is 2.36. The zero-order valence-electron chi connectivity index (χ0n) is 15.3. The number of likely N-dealkylation sites (tertiary alicyclic amines) is 1. The number of halogens is 2. The molecule has 2 atom stereocenters. The number of ether oxygens (including phenoxy) is 1. The number of rotatable bonds is 3. The smallest absolute Gasteiger partial charge is 0.341 e. The van der Waals surface area contributed by atoms with Crippen LogP contribution in [0.3, 0.4) is 0 Å². The molecule has 2 amide bonds. The number of pyridine rings is 1. The second kappa shape index (κ2) is 7.83. The van der Waals surface area contributed by atoms with Crippen LogP contribution in [0.5, 0.6) is 5.88 Å². The Balaban J connectivity index is 1.43. The molecule has 0 N–H and O–H groups in total. The summed E-state index contributed by atoms with van der Waals surface area (Å²) in [4.78, 5) is 18.6. The normalized spacial score (nSPS) is 20.7. The topological polar surface area (TPSA) is 81.8 Å². The van der Waals surface area contributed by atoms with E-state index in [-0.39, 0.29) is 12.1 Å². The molecular weight excluding hydrogens is 380 g/mol. The molecule has 0 spiro atoms. The van der Waals surface area contributed by atoms with Crippen LogP contribution in [0.15, 0.2) is 41.6 Å². The molecule has 29 heavy (non-hydrogen) atoms. The van der Waals surface area contributed by atoms with Gasteiger partial charge >= 0.3 is 6.03 Å². The van der Waals surface area contributed by atoms with Crippen LogP contribution in [-0.4, -0.2) is 46.3 Å². The van der Waals surface area contributed by atoms with Crippen LogP contribution in [0.2, 0.25) is 0 Å². The van der Waals surface area contributed by atoms with E-state index in [1.807, 2.05) is 6.07 Å². The van der Waals surface area contributed by atoms with Gasteiger partial charge in [-0.25, -0.2) is 23.6 Å². The van der Waals surface area contributed by atoms with Gasteiger partial charge in [-0.15, -0.1) is 0 Å².